The number of hydrogen-bond donors (Lipinski definition) is 2. The van der Waals surface area contributed by atoms with Crippen LogP contribution in [0, 0.1) is 52.3 Å². The Balaban J connectivity index is 1.39. The number of carbonyl (C=O) groups excluding carboxylic acids is 2. The SMILES string of the molecule is C[C@]12CC[C@H](CCC3CNC3)CC1C(CO)C(=O)C1C2CC[C@]2(C)C(=O)CCC12. The van der Waals surface area contributed by atoms with Gasteiger partial charge in [-0.05, 0) is 93.0 Å². The van der Waals surface area contributed by atoms with Crippen LogP contribution in [0.15, 0.2) is 0 Å². The smallest absolute Gasteiger partial charge is 0.142 e. The molecule has 4 heteroatoms. The summed E-state index contributed by atoms with van der Waals surface area (Å²) in [6, 6.07) is 0. The average Bonchev–Trinajstić information content (AvgIpc) is 2.97. The van der Waals surface area contributed by atoms with Crippen LogP contribution in [0.1, 0.15) is 71.6 Å². The molecule has 8 atom stereocenters. The number of aliphatic hydroxyl groups is 1. The lowest BCUT2D eigenvalue weighted by Crippen LogP contribution is -2.61. The highest BCUT2D eigenvalue weighted by molar-refractivity contribution is 5.91. The van der Waals surface area contributed by atoms with Crippen LogP contribution in [-0.4, -0.2) is 36.4 Å². The molecular formula is C25H39NO3. The predicted molar refractivity (Wildman–Crippen MR) is 112 cm³/mol. The number of rotatable bonds is 4. The summed E-state index contributed by atoms with van der Waals surface area (Å²) in [4.78, 5) is 26.4. The van der Waals surface area contributed by atoms with E-state index in [1.54, 1.807) is 0 Å². The molecule has 1 aliphatic heterocycles. The molecule has 0 aromatic carbocycles. The average molecular weight is 402 g/mol. The number of hydrogen-bond acceptors (Lipinski definition) is 4. The van der Waals surface area contributed by atoms with Gasteiger partial charge in [-0.1, -0.05) is 20.3 Å². The lowest BCUT2D eigenvalue weighted by molar-refractivity contribution is -0.172. The summed E-state index contributed by atoms with van der Waals surface area (Å²) < 4.78 is 0. The first kappa shape index (κ1) is 20.2. The van der Waals surface area contributed by atoms with Crippen molar-refractivity contribution in [3.63, 3.8) is 0 Å². The molecule has 0 spiro atoms. The molecule has 2 N–H and O–H groups in total. The number of aliphatic hydroxyl groups excluding tert-OH is 1. The van der Waals surface area contributed by atoms with E-state index in [0.717, 1.165) is 31.6 Å². The van der Waals surface area contributed by atoms with Gasteiger partial charge in [-0.25, -0.2) is 0 Å². The number of fused-ring (bicyclic) bond motifs is 5. The zero-order valence-corrected chi connectivity index (χ0v) is 18.3. The van der Waals surface area contributed by atoms with Crippen molar-refractivity contribution in [3.8, 4) is 0 Å². The van der Waals surface area contributed by atoms with E-state index in [2.05, 4.69) is 19.2 Å². The molecule has 0 radical (unpaired) electrons. The van der Waals surface area contributed by atoms with Crippen molar-refractivity contribution in [2.45, 2.75) is 71.6 Å². The minimum Gasteiger partial charge on any atom is -0.396 e. The van der Waals surface area contributed by atoms with E-state index in [4.69, 9.17) is 0 Å². The van der Waals surface area contributed by atoms with Crippen LogP contribution < -0.4 is 5.32 Å². The molecule has 0 aromatic heterocycles. The standard InChI is InChI=1S/C25H39NO3/c1-24-9-7-15(3-4-16-12-26-13-16)11-20(24)17(14-27)23(29)22-18-5-6-21(28)25(18,2)10-8-19(22)24/h15-20,22,26-27H,3-14H2,1-2H3/t15-,17?,18?,19?,20?,22?,24+,25-/m0/s1. The van der Waals surface area contributed by atoms with Gasteiger partial charge in [0.05, 0.1) is 6.61 Å². The topological polar surface area (TPSA) is 66.4 Å². The first-order valence-electron chi connectivity index (χ1n) is 12.3. The first-order valence-corrected chi connectivity index (χ1v) is 12.3. The van der Waals surface area contributed by atoms with Crippen LogP contribution >= 0.6 is 0 Å². The number of nitrogens with one attached hydrogen (secondary N) is 1. The van der Waals surface area contributed by atoms with E-state index in [0.29, 0.717) is 35.7 Å². The minimum atomic E-state index is -0.284. The highest BCUT2D eigenvalue weighted by Gasteiger charge is 2.65. The predicted octanol–water partition coefficient (Wildman–Crippen LogP) is 3.61. The third-order valence-electron chi connectivity index (χ3n) is 10.6. The lowest BCUT2D eigenvalue weighted by atomic mass is 9.42. The summed E-state index contributed by atoms with van der Waals surface area (Å²) in [5, 5.41) is 13.7. The van der Waals surface area contributed by atoms with Crippen LogP contribution in [0.2, 0.25) is 0 Å². The van der Waals surface area contributed by atoms with E-state index < -0.39 is 0 Å². The van der Waals surface area contributed by atoms with Crippen LogP contribution in [0.25, 0.3) is 0 Å². The second kappa shape index (κ2) is 7.15. The highest BCUT2D eigenvalue weighted by atomic mass is 16.3. The van der Waals surface area contributed by atoms with Gasteiger partial charge in [0, 0.05) is 23.7 Å². The molecule has 0 amide bonds. The minimum absolute atomic E-state index is 0.00104. The maximum Gasteiger partial charge on any atom is 0.142 e. The molecule has 29 heavy (non-hydrogen) atoms. The van der Waals surface area contributed by atoms with E-state index in [-0.39, 0.29) is 35.2 Å². The third kappa shape index (κ3) is 2.91. The fraction of sp³-hybridized carbons (Fsp3) is 0.920. The summed E-state index contributed by atoms with van der Waals surface area (Å²) in [5.74, 6) is 3.05. The fourth-order valence-corrected chi connectivity index (χ4v) is 8.53. The largest absolute Gasteiger partial charge is 0.396 e. The van der Waals surface area contributed by atoms with E-state index >= 15 is 0 Å². The Morgan fingerprint density at radius 1 is 0.966 bits per heavy atom. The van der Waals surface area contributed by atoms with E-state index in [1.165, 1.54) is 38.8 Å². The van der Waals surface area contributed by atoms with Gasteiger partial charge in [0.15, 0.2) is 0 Å². The maximum atomic E-state index is 13.7. The van der Waals surface area contributed by atoms with Crippen LogP contribution in [-0.2, 0) is 9.59 Å². The molecule has 0 aromatic rings. The number of carbonyl (C=O) groups is 2. The van der Waals surface area contributed by atoms with Gasteiger partial charge >= 0.3 is 0 Å². The first-order chi connectivity index (χ1) is 13.9. The van der Waals surface area contributed by atoms with Crippen LogP contribution in [0.5, 0.6) is 0 Å². The maximum absolute atomic E-state index is 13.7. The molecule has 5 rings (SSSR count). The summed E-state index contributed by atoms with van der Waals surface area (Å²) in [6.45, 7) is 6.92. The zero-order valence-electron chi connectivity index (χ0n) is 18.3. The van der Waals surface area contributed by atoms with E-state index in [9.17, 15) is 14.7 Å². The van der Waals surface area contributed by atoms with Crippen LogP contribution in [0.4, 0.5) is 0 Å². The van der Waals surface area contributed by atoms with Crippen molar-refractivity contribution in [2.75, 3.05) is 19.7 Å². The second-order valence-corrected chi connectivity index (χ2v) is 11.7. The van der Waals surface area contributed by atoms with Crippen molar-refractivity contribution < 1.29 is 14.7 Å². The summed E-state index contributed by atoms with van der Waals surface area (Å²) in [7, 11) is 0. The van der Waals surface area contributed by atoms with Crippen molar-refractivity contribution in [1.82, 2.24) is 5.32 Å². The Morgan fingerprint density at radius 2 is 1.72 bits per heavy atom. The Morgan fingerprint density at radius 3 is 2.41 bits per heavy atom. The van der Waals surface area contributed by atoms with Crippen molar-refractivity contribution >= 4 is 11.6 Å². The lowest BCUT2D eigenvalue weighted by Gasteiger charge is -2.61. The van der Waals surface area contributed by atoms with Gasteiger partial charge < -0.3 is 10.4 Å². The summed E-state index contributed by atoms with van der Waals surface area (Å²) in [5.41, 5.74) is -0.124. The molecule has 4 saturated carbocycles. The van der Waals surface area contributed by atoms with Crippen molar-refractivity contribution in [3.05, 3.63) is 0 Å². The molecular weight excluding hydrogens is 362 g/mol. The monoisotopic (exact) mass is 401 g/mol. The fourth-order valence-electron chi connectivity index (χ4n) is 8.53. The molecule has 1 heterocycles. The third-order valence-corrected chi connectivity index (χ3v) is 10.6. The summed E-state index contributed by atoms with van der Waals surface area (Å²) >= 11 is 0. The van der Waals surface area contributed by atoms with Gasteiger partial charge in [0.1, 0.15) is 11.6 Å². The Hall–Kier alpha value is -0.740. The van der Waals surface area contributed by atoms with Gasteiger partial charge in [0.25, 0.3) is 0 Å². The molecule has 4 nitrogen and oxygen atoms in total. The Bertz CT molecular complexity index is 688. The quantitative estimate of drug-likeness (QED) is 0.755. The molecule has 4 aliphatic carbocycles. The highest BCUT2D eigenvalue weighted by Crippen LogP contribution is 2.66. The zero-order chi connectivity index (χ0) is 20.4. The normalized spacial score (nSPS) is 49.9. The second-order valence-electron chi connectivity index (χ2n) is 11.7. The molecule has 0 bridgehead atoms. The van der Waals surface area contributed by atoms with Crippen molar-refractivity contribution in [2.24, 2.45) is 52.3 Å². The van der Waals surface area contributed by atoms with Gasteiger partial charge in [-0.2, -0.15) is 0 Å². The molecule has 1 saturated heterocycles. The molecule has 5 fully saturated rings. The van der Waals surface area contributed by atoms with Crippen LogP contribution in [0.3, 0.4) is 0 Å². The molecule has 5 unspecified atom stereocenters. The Kier molecular flexibility index (Phi) is 4.98. The van der Waals surface area contributed by atoms with Crippen molar-refractivity contribution in [1.29, 1.82) is 0 Å². The van der Waals surface area contributed by atoms with Gasteiger partial charge in [0.2, 0.25) is 0 Å². The summed E-state index contributed by atoms with van der Waals surface area (Å²) in [6.07, 6.45) is 9.74. The Labute approximate surface area is 175 Å². The van der Waals surface area contributed by atoms with Gasteiger partial charge in [-0.3, -0.25) is 9.59 Å². The molecule has 5 aliphatic rings. The number of ketones is 2. The number of Topliss-reactive ketones (excluding diaryl/α,β-unsaturated/α-hetero) is 2. The van der Waals surface area contributed by atoms with E-state index in [1.807, 2.05) is 0 Å². The van der Waals surface area contributed by atoms with Gasteiger partial charge in [-0.15, -0.1) is 0 Å². The molecule has 162 valence electrons.